The summed E-state index contributed by atoms with van der Waals surface area (Å²) in [6.07, 6.45) is -0.405. The van der Waals surface area contributed by atoms with E-state index in [2.05, 4.69) is 15.4 Å². The first-order valence-corrected chi connectivity index (χ1v) is 12.7. The van der Waals surface area contributed by atoms with E-state index in [1.807, 2.05) is 79.5 Å². The summed E-state index contributed by atoms with van der Waals surface area (Å²) in [5.41, 5.74) is 0.459. The van der Waals surface area contributed by atoms with Crippen molar-refractivity contribution in [2.24, 2.45) is 5.92 Å². The van der Waals surface area contributed by atoms with E-state index in [4.69, 9.17) is 4.74 Å². The van der Waals surface area contributed by atoms with Crippen molar-refractivity contribution in [3.8, 4) is 0 Å². The van der Waals surface area contributed by atoms with Crippen LogP contribution in [0.3, 0.4) is 0 Å². The smallest absolute Gasteiger partial charge is 0.408 e. The van der Waals surface area contributed by atoms with E-state index in [-0.39, 0.29) is 25.1 Å². The van der Waals surface area contributed by atoms with Crippen molar-refractivity contribution in [1.82, 2.24) is 20.7 Å². The Bertz CT molecular complexity index is 1170. The van der Waals surface area contributed by atoms with Gasteiger partial charge in [-0.25, -0.2) is 9.80 Å². The number of fused-ring (bicyclic) bond motifs is 1. The fourth-order valence-corrected chi connectivity index (χ4v) is 5.36. The molecule has 2 N–H and O–H groups in total. The van der Waals surface area contributed by atoms with Gasteiger partial charge in [-0.2, -0.15) is 0 Å². The van der Waals surface area contributed by atoms with Crippen LogP contribution in [0.25, 0.3) is 0 Å². The van der Waals surface area contributed by atoms with Gasteiger partial charge in [-0.1, -0.05) is 74.5 Å². The van der Waals surface area contributed by atoms with Crippen LogP contribution in [0.15, 0.2) is 60.7 Å². The standard InChI is InChI=1S/C28H34N4O6/c1-18(2)24-23(30-27(36)38-17-19-11-7-5-8-12-19)25(34)32-28(3,26(35)29-16-22(33)37-4)15-21(31(24)32)20-13-9-6-10-14-20/h5-14,18,21,23-24H,15-17H2,1-4H3,(H,29,35)(H,30,36)/t21-,23-,24-,28-/m1/s1. The van der Waals surface area contributed by atoms with Crippen molar-refractivity contribution in [3.05, 3.63) is 71.8 Å². The van der Waals surface area contributed by atoms with E-state index >= 15 is 0 Å². The first-order valence-electron chi connectivity index (χ1n) is 12.7. The molecule has 10 nitrogen and oxygen atoms in total. The molecule has 202 valence electrons. The van der Waals surface area contributed by atoms with Gasteiger partial charge < -0.3 is 20.1 Å². The van der Waals surface area contributed by atoms with Crippen molar-refractivity contribution >= 4 is 23.9 Å². The van der Waals surface area contributed by atoms with Crippen molar-refractivity contribution in [3.63, 3.8) is 0 Å². The minimum atomic E-state index is -1.30. The highest BCUT2D eigenvalue weighted by atomic mass is 16.5. The maximum Gasteiger partial charge on any atom is 0.408 e. The Kier molecular flexibility index (Phi) is 8.01. The normalized spacial score (nSPS) is 24.7. The van der Waals surface area contributed by atoms with Gasteiger partial charge in [0.15, 0.2) is 0 Å². The van der Waals surface area contributed by atoms with E-state index in [0.29, 0.717) is 6.42 Å². The largest absolute Gasteiger partial charge is 0.468 e. The minimum Gasteiger partial charge on any atom is -0.468 e. The number of hydrogen-bond acceptors (Lipinski definition) is 7. The first kappa shape index (κ1) is 27.1. The number of nitrogens with one attached hydrogen (secondary N) is 2. The first-order chi connectivity index (χ1) is 18.2. The second-order valence-corrected chi connectivity index (χ2v) is 10.1. The Labute approximate surface area is 222 Å². The topological polar surface area (TPSA) is 117 Å². The number of methoxy groups -OCH3 is 1. The molecule has 4 rings (SSSR count). The molecule has 2 fully saturated rings. The molecule has 3 amide bonds. The number of nitrogens with zero attached hydrogens (tertiary/aromatic N) is 2. The second kappa shape index (κ2) is 11.2. The van der Waals surface area contributed by atoms with Crippen LogP contribution in [0.2, 0.25) is 0 Å². The molecule has 38 heavy (non-hydrogen) atoms. The number of rotatable bonds is 8. The summed E-state index contributed by atoms with van der Waals surface area (Å²) in [5.74, 6) is -1.54. The van der Waals surface area contributed by atoms with Crippen LogP contribution in [0.1, 0.15) is 44.4 Å². The van der Waals surface area contributed by atoms with Gasteiger partial charge in [0, 0.05) is 6.42 Å². The van der Waals surface area contributed by atoms with Crippen LogP contribution >= 0.6 is 0 Å². The Hall–Kier alpha value is -3.92. The second-order valence-electron chi connectivity index (χ2n) is 10.1. The van der Waals surface area contributed by atoms with Crippen molar-refractivity contribution in [2.45, 2.75) is 57.5 Å². The molecule has 0 bridgehead atoms. The summed E-state index contributed by atoms with van der Waals surface area (Å²) in [6, 6.07) is 17.2. The number of carbonyl (C=O) groups excluding carboxylic acids is 4. The zero-order valence-corrected chi connectivity index (χ0v) is 22.0. The molecule has 0 spiro atoms. The minimum absolute atomic E-state index is 0.0601. The number of ether oxygens (including phenoxy) is 2. The average molecular weight is 523 g/mol. The van der Waals surface area contributed by atoms with E-state index in [9.17, 15) is 19.2 Å². The molecule has 2 heterocycles. The van der Waals surface area contributed by atoms with Gasteiger partial charge in [-0.3, -0.25) is 19.4 Å². The third kappa shape index (κ3) is 5.22. The fourth-order valence-electron chi connectivity index (χ4n) is 5.36. The molecule has 2 aliphatic heterocycles. The van der Waals surface area contributed by atoms with Crippen molar-refractivity contribution in [2.75, 3.05) is 13.7 Å². The predicted octanol–water partition coefficient (Wildman–Crippen LogP) is 2.56. The van der Waals surface area contributed by atoms with E-state index in [0.717, 1.165) is 11.1 Å². The Morgan fingerprint density at radius 1 is 1.05 bits per heavy atom. The summed E-state index contributed by atoms with van der Waals surface area (Å²) in [4.78, 5) is 51.9. The van der Waals surface area contributed by atoms with Gasteiger partial charge >= 0.3 is 12.1 Å². The Morgan fingerprint density at radius 2 is 1.68 bits per heavy atom. The zero-order valence-electron chi connectivity index (χ0n) is 22.0. The molecule has 0 aliphatic carbocycles. The maximum absolute atomic E-state index is 13.9. The summed E-state index contributed by atoms with van der Waals surface area (Å²) in [5, 5.41) is 8.76. The Balaban J connectivity index is 1.63. The van der Waals surface area contributed by atoms with Crippen LogP contribution in [0, 0.1) is 5.92 Å². The Morgan fingerprint density at radius 3 is 2.29 bits per heavy atom. The lowest BCUT2D eigenvalue weighted by Gasteiger charge is -2.36. The van der Waals surface area contributed by atoms with E-state index in [1.165, 1.54) is 12.1 Å². The highest BCUT2D eigenvalue weighted by Gasteiger charge is 2.64. The molecule has 2 saturated heterocycles. The lowest BCUT2D eigenvalue weighted by atomic mass is 9.87. The molecule has 4 atom stereocenters. The quantitative estimate of drug-likeness (QED) is 0.512. The summed E-state index contributed by atoms with van der Waals surface area (Å²) in [7, 11) is 1.24. The number of hydrogen-bond donors (Lipinski definition) is 2. The summed E-state index contributed by atoms with van der Waals surface area (Å²) < 4.78 is 10.1. The van der Waals surface area contributed by atoms with Crippen LogP contribution in [0.4, 0.5) is 4.79 Å². The lowest BCUT2D eigenvalue weighted by molar-refractivity contribution is -0.155. The molecule has 0 radical (unpaired) electrons. The van der Waals surface area contributed by atoms with Crippen molar-refractivity contribution in [1.29, 1.82) is 0 Å². The molecule has 2 aromatic rings. The number of esters is 1. The van der Waals surface area contributed by atoms with Gasteiger partial charge in [-0.15, -0.1) is 0 Å². The number of carbonyl (C=O) groups is 4. The van der Waals surface area contributed by atoms with Gasteiger partial charge in [-0.05, 0) is 24.0 Å². The maximum atomic E-state index is 13.9. The van der Waals surface area contributed by atoms with Crippen LogP contribution in [0.5, 0.6) is 0 Å². The number of alkyl carbamates (subject to hydrolysis) is 1. The molecule has 2 aliphatic rings. The number of hydrazine groups is 1. The lowest BCUT2D eigenvalue weighted by Crippen LogP contribution is -2.58. The molecular formula is C28H34N4O6. The molecule has 2 aromatic carbocycles. The number of amides is 3. The SMILES string of the molecule is COC(=O)CNC(=O)[C@@]1(C)C[C@H](c2ccccc2)N2[C@H](C(C)C)[C@@H](NC(=O)OCc3ccccc3)C(=O)N21. The zero-order chi connectivity index (χ0) is 27.4. The molecule has 10 heteroatoms. The third-order valence-corrected chi connectivity index (χ3v) is 7.19. The summed E-state index contributed by atoms with van der Waals surface area (Å²) >= 11 is 0. The summed E-state index contributed by atoms with van der Waals surface area (Å²) in [6.45, 7) is 5.37. The van der Waals surface area contributed by atoms with Crippen LogP contribution in [-0.2, 0) is 30.5 Å². The fraction of sp³-hybridized carbons (Fsp3) is 0.429. The third-order valence-electron chi connectivity index (χ3n) is 7.19. The highest BCUT2D eigenvalue weighted by molar-refractivity contribution is 5.97. The molecule has 0 saturated carbocycles. The number of benzene rings is 2. The van der Waals surface area contributed by atoms with Gasteiger partial charge in [0.05, 0.1) is 19.2 Å². The predicted molar refractivity (Wildman–Crippen MR) is 138 cm³/mol. The highest BCUT2D eigenvalue weighted by Crippen LogP contribution is 2.49. The van der Waals surface area contributed by atoms with Crippen LogP contribution in [-0.4, -0.2) is 65.2 Å². The molecule has 0 unspecified atom stereocenters. The van der Waals surface area contributed by atoms with Crippen molar-refractivity contribution < 1.29 is 28.7 Å². The monoisotopic (exact) mass is 522 g/mol. The molecular weight excluding hydrogens is 488 g/mol. The van der Waals surface area contributed by atoms with E-state index < -0.39 is 41.5 Å². The van der Waals surface area contributed by atoms with Gasteiger partial charge in [0.1, 0.15) is 24.7 Å². The van der Waals surface area contributed by atoms with Gasteiger partial charge in [0.25, 0.3) is 5.91 Å². The average Bonchev–Trinajstić information content (AvgIpc) is 3.39. The van der Waals surface area contributed by atoms with E-state index in [1.54, 1.807) is 6.92 Å². The molecule has 0 aromatic heterocycles. The van der Waals surface area contributed by atoms with Gasteiger partial charge in [0.2, 0.25) is 5.91 Å². The van der Waals surface area contributed by atoms with Crippen LogP contribution < -0.4 is 10.6 Å².